The second-order valence-corrected chi connectivity index (χ2v) is 7.51. The molecule has 0 saturated heterocycles. The van der Waals surface area contributed by atoms with Crippen LogP contribution in [0.5, 0.6) is 5.75 Å². The lowest BCUT2D eigenvalue weighted by Crippen LogP contribution is -2.10. The number of rotatable bonds is 6. The molecule has 2 aromatic carbocycles. The van der Waals surface area contributed by atoms with E-state index in [0.717, 1.165) is 27.7 Å². The van der Waals surface area contributed by atoms with Gasteiger partial charge in [0.05, 0.1) is 17.3 Å². The van der Waals surface area contributed by atoms with E-state index in [0.29, 0.717) is 11.3 Å². The highest BCUT2D eigenvalue weighted by atomic mass is 19.1. The van der Waals surface area contributed by atoms with Gasteiger partial charge in [0.2, 0.25) is 0 Å². The van der Waals surface area contributed by atoms with Crippen LogP contribution >= 0.6 is 0 Å². The number of halogens is 2. The Morgan fingerprint density at radius 2 is 1.84 bits per heavy atom. The van der Waals surface area contributed by atoms with Crippen molar-refractivity contribution in [2.45, 2.75) is 26.5 Å². The zero-order valence-electron chi connectivity index (χ0n) is 17.6. The molecule has 2 heterocycles. The molecule has 0 amide bonds. The van der Waals surface area contributed by atoms with Crippen LogP contribution in [0.25, 0.3) is 22.0 Å². The number of pyridine rings is 2. The highest BCUT2D eigenvalue weighted by Crippen LogP contribution is 2.31. The fourth-order valence-electron chi connectivity index (χ4n) is 3.45. The van der Waals surface area contributed by atoms with E-state index in [1.165, 1.54) is 12.1 Å². The number of fused-ring (bicyclic) bond motifs is 1. The molecule has 0 bridgehead atoms. The number of hydrogen-bond acceptors (Lipinski definition) is 5. The van der Waals surface area contributed by atoms with Gasteiger partial charge in [-0.05, 0) is 61.4 Å². The normalized spacial score (nSPS) is 10.9. The van der Waals surface area contributed by atoms with Crippen LogP contribution in [0.2, 0.25) is 0 Å². The van der Waals surface area contributed by atoms with Crippen molar-refractivity contribution >= 4 is 16.6 Å². The first-order valence-corrected chi connectivity index (χ1v) is 10.1. The van der Waals surface area contributed by atoms with Crippen LogP contribution < -0.4 is 10.1 Å². The zero-order chi connectivity index (χ0) is 22.7. The average Bonchev–Trinajstić information content (AvgIpc) is 2.79. The summed E-state index contributed by atoms with van der Waals surface area (Å²) in [6.07, 6.45) is 3.02. The van der Waals surface area contributed by atoms with Crippen LogP contribution in [0.4, 0.5) is 14.5 Å². The highest BCUT2D eigenvalue weighted by molar-refractivity contribution is 6.00. The molecule has 160 valence electrons. The van der Waals surface area contributed by atoms with E-state index in [4.69, 9.17) is 10.00 Å². The Balaban J connectivity index is 1.63. The summed E-state index contributed by atoms with van der Waals surface area (Å²) in [5, 5.41) is 13.1. The molecule has 0 saturated carbocycles. The van der Waals surface area contributed by atoms with Crippen LogP contribution in [0.3, 0.4) is 0 Å². The van der Waals surface area contributed by atoms with Crippen molar-refractivity contribution in [1.82, 2.24) is 9.97 Å². The molecule has 4 rings (SSSR count). The van der Waals surface area contributed by atoms with Crippen LogP contribution in [0.1, 0.15) is 25.1 Å². The standard InChI is InChI=1S/C25H20F2N4O/c1-15(2)32-25-21(26)10-16(11-22(25)27)13-31-23-5-3-4-20-19(8-9-29-24(20)23)17-6-7-18(12-28)30-14-17/h3-11,14-15,31H,13H2,1-2H3. The average molecular weight is 430 g/mol. The Kier molecular flexibility index (Phi) is 5.95. The lowest BCUT2D eigenvalue weighted by molar-refractivity contribution is 0.219. The molecule has 0 fully saturated rings. The summed E-state index contributed by atoms with van der Waals surface area (Å²) in [5.41, 5.74) is 4.02. The fraction of sp³-hybridized carbons (Fsp3) is 0.160. The van der Waals surface area contributed by atoms with E-state index in [9.17, 15) is 8.78 Å². The second-order valence-electron chi connectivity index (χ2n) is 7.51. The van der Waals surface area contributed by atoms with Gasteiger partial charge in [-0.2, -0.15) is 5.26 Å². The van der Waals surface area contributed by atoms with E-state index >= 15 is 0 Å². The van der Waals surface area contributed by atoms with Crippen molar-refractivity contribution in [3.05, 3.63) is 83.8 Å². The number of nitriles is 1. The van der Waals surface area contributed by atoms with Gasteiger partial charge in [0, 0.05) is 29.9 Å². The molecule has 0 aliphatic heterocycles. The van der Waals surface area contributed by atoms with Crippen LogP contribution in [-0.4, -0.2) is 16.1 Å². The maximum absolute atomic E-state index is 14.3. The SMILES string of the molecule is CC(C)Oc1c(F)cc(CNc2cccc3c(-c4ccc(C#N)nc4)ccnc23)cc1F. The summed E-state index contributed by atoms with van der Waals surface area (Å²) in [4.78, 5) is 8.63. The Morgan fingerprint density at radius 3 is 2.50 bits per heavy atom. The molecule has 0 atom stereocenters. The highest BCUT2D eigenvalue weighted by Gasteiger charge is 2.15. The third kappa shape index (κ3) is 4.35. The molecular weight excluding hydrogens is 410 g/mol. The molecule has 0 aliphatic rings. The largest absolute Gasteiger partial charge is 0.485 e. The number of nitrogens with zero attached hydrogens (tertiary/aromatic N) is 3. The number of benzene rings is 2. The van der Waals surface area contributed by atoms with Crippen LogP contribution in [0.15, 0.2) is 60.9 Å². The van der Waals surface area contributed by atoms with Gasteiger partial charge in [0.15, 0.2) is 17.4 Å². The van der Waals surface area contributed by atoms with Crippen molar-refractivity contribution in [1.29, 1.82) is 5.26 Å². The number of aromatic nitrogens is 2. The molecule has 0 unspecified atom stereocenters. The summed E-state index contributed by atoms with van der Waals surface area (Å²) in [6.45, 7) is 3.63. The predicted octanol–water partition coefficient (Wildman–Crippen LogP) is 5.85. The lowest BCUT2D eigenvalue weighted by atomic mass is 10.0. The molecule has 4 aromatic rings. The van der Waals surface area contributed by atoms with Crippen molar-refractivity contribution in [2.75, 3.05) is 5.32 Å². The van der Waals surface area contributed by atoms with Crippen molar-refractivity contribution in [3.8, 4) is 22.9 Å². The number of anilines is 1. The van der Waals surface area contributed by atoms with Crippen molar-refractivity contribution in [3.63, 3.8) is 0 Å². The van der Waals surface area contributed by atoms with Crippen LogP contribution in [-0.2, 0) is 6.54 Å². The maximum Gasteiger partial charge on any atom is 0.191 e. The minimum Gasteiger partial charge on any atom is -0.485 e. The van der Waals surface area contributed by atoms with Gasteiger partial charge in [0.1, 0.15) is 11.8 Å². The van der Waals surface area contributed by atoms with Gasteiger partial charge in [-0.25, -0.2) is 13.8 Å². The summed E-state index contributed by atoms with van der Waals surface area (Å²) < 4.78 is 33.8. The quantitative estimate of drug-likeness (QED) is 0.416. The third-order valence-corrected chi connectivity index (χ3v) is 4.85. The number of para-hydroxylation sites is 1. The molecule has 0 spiro atoms. The topological polar surface area (TPSA) is 70.8 Å². The smallest absolute Gasteiger partial charge is 0.191 e. The zero-order valence-corrected chi connectivity index (χ0v) is 17.6. The summed E-state index contributed by atoms with van der Waals surface area (Å²) in [6, 6.07) is 15.6. The predicted molar refractivity (Wildman–Crippen MR) is 119 cm³/mol. The van der Waals surface area contributed by atoms with Gasteiger partial charge < -0.3 is 10.1 Å². The first-order valence-electron chi connectivity index (χ1n) is 10.1. The van der Waals surface area contributed by atoms with E-state index in [1.807, 2.05) is 36.4 Å². The lowest BCUT2D eigenvalue weighted by Gasteiger charge is -2.14. The summed E-state index contributed by atoms with van der Waals surface area (Å²) in [7, 11) is 0. The molecule has 2 aromatic heterocycles. The summed E-state index contributed by atoms with van der Waals surface area (Å²) >= 11 is 0. The fourth-order valence-corrected chi connectivity index (χ4v) is 3.45. The van der Waals surface area contributed by atoms with E-state index in [-0.39, 0.29) is 18.4 Å². The monoisotopic (exact) mass is 430 g/mol. The number of ether oxygens (including phenoxy) is 1. The Bertz CT molecular complexity index is 1290. The van der Waals surface area contributed by atoms with Crippen molar-refractivity contribution in [2.24, 2.45) is 0 Å². The first kappa shape index (κ1) is 21.2. The number of nitrogens with one attached hydrogen (secondary N) is 1. The molecule has 7 heteroatoms. The minimum atomic E-state index is -0.734. The molecule has 0 aliphatic carbocycles. The number of hydrogen-bond donors (Lipinski definition) is 1. The molecular formula is C25H20F2N4O. The van der Waals surface area contributed by atoms with Gasteiger partial charge in [-0.3, -0.25) is 4.98 Å². The molecule has 1 N–H and O–H groups in total. The molecule has 5 nitrogen and oxygen atoms in total. The van der Waals surface area contributed by atoms with Crippen LogP contribution in [0, 0.1) is 23.0 Å². The Hall–Kier alpha value is -4.05. The van der Waals surface area contributed by atoms with Gasteiger partial charge >= 0.3 is 0 Å². The van der Waals surface area contributed by atoms with Gasteiger partial charge in [0.25, 0.3) is 0 Å². The van der Waals surface area contributed by atoms with E-state index < -0.39 is 11.6 Å². The maximum atomic E-state index is 14.3. The molecule has 0 radical (unpaired) electrons. The third-order valence-electron chi connectivity index (χ3n) is 4.85. The van der Waals surface area contributed by atoms with Gasteiger partial charge in [-0.15, -0.1) is 0 Å². The van der Waals surface area contributed by atoms with E-state index in [2.05, 4.69) is 15.3 Å². The molecule has 32 heavy (non-hydrogen) atoms. The Labute approximate surface area is 184 Å². The van der Waals surface area contributed by atoms with E-state index in [1.54, 1.807) is 32.3 Å². The second kappa shape index (κ2) is 8.98. The minimum absolute atomic E-state index is 0.208. The van der Waals surface area contributed by atoms with Crippen molar-refractivity contribution < 1.29 is 13.5 Å². The Morgan fingerprint density at radius 1 is 1.06 bits per heavy atom. The first-order chi connectivity index (χ1) is 15.5. The summed E-state index contributed by atoms with van der Waals surface area (Å²) in [5.74, 6) is -1.83. The van der Waals surface area contributed by atoms with Gasteiger partial charge in [-0.1, -0.05) is 12.1 Å².